The van der Waals surface area contributed by atoms with E-state index in [1.165, 1.54) is 0 Å². The number of halogens is 1. The number of aliphatic hydroxyl groups excluding tert-OH is 1. The molecule has 3 heteroatoms. The molecule has 1 aliphatic carbocycles. The number of nitrogens with one attached hydrogen (secondary N) is 1. The highest BCUT2D eigenvalue weighted by Crippen LogP contribution is 2.38. The van der Waals surface area contributed by atoms with Crippen molar-refractivity contribution in [1.82, 2.24) is 5.32 Å². The highest BCUT2D eigenvalue weighted by Gasteiger charge is 2.33. The summed E-state index contributed by atoms with van der Waals surface area (Å²) in [6.45, 7) is 4.56. The number of hydrogen-bond donors (Lipinski definition) is 2. The van der Waals surface area contributed by atoms with E-state index in [4.69, 9.17) is 5.11 Å². The van der Waals surface area contributed by atoms with Crippen molar-refractivity contribution in [2.75, 3.05) is 6.61 Å². The summed E-state index contributed by atoms with van der Waals surface area (Å²) >= 11 is 0. The summed E-state index contributed by atoms with van der Waals surface area (Å²) in [6, 6.07) is 7.90. The molecule has 1 unspecified atom stereocenters. The first-order valence-electron chi connectivity index (χ1n) is 7.23. The van der Waals surface area contributed by atoms with Crippen LogP contribution >= 0.6 is 0 Å². The summed E-state index contributed by atoms with van der Waals surface area (Å²) in [7, 11) is 0. The Bertz CT molecular complexity index is 401. The van der Waals surface area contributed by atoms with Gasteiger partial charge in [0.05, 0.1) is 0 Å². The summed E-state index contributed by atoms with van der Waals surface area (Å²) in [5, 5.41) is 12.7. The molecule has 0 amide bonds. The van der Waals surface area contributed by atoms with Crippen LogP contribution in [0.5, 0.6) is 0 Å². The van der Waals surface area contributed by atoms with Gasteiger partial charge in [0.2, 0.25) is 0 Å². The lowest BCUT2D eigenvalue weighted by Crippen LogP contribution is -2.48. The van der Waals surface area contributed by atoms with Crippen LogP contribution in [-0.2, 0) is 0 Å². The maximum absolute atomic E-state index is 13.6. The fourth-order valence-corrected chi connectivity index (χ4v) is 2.87. The van der Waals surface area contributed by atoms with Crippen molar-refractivity contribution >= 4 is 0 Å². The minimum atomic E-state index is -0.0817. The first-order valence-corrected chi connectivity index (χ1v) is 7.23. The van der Waals surface area contributed by atoms with Crippen LogP contribution in [0.25, 0.3) is 0 Å². The maximum Gasteiger partial charge on any atom is 0.126 e. The van der Waals surface area contributed by atoms with E-state index >= 15 is 0 Å². The number of aliphatic hydroxyl groups is 1. The lowest BCUT2D eigenvalue weighted by Gasteiger charge is -2.39. The van der Waals surface area contributed by atoms with E-state index in [0.29, 0.717) is 23.9 Å². The molecule has 1 saturated carbocycles. The van der Waals surface area contributed by atoms with Crippen LogP contribution in [0.1, 0.15) is 44.6 Å². The van der Waals surface area contributed by atoms with Crippen molar-refractivity contribution in [2.45, 2.75) is 51.1 Å². The molecule has 0 saturated heterocycles. The monoisotopic (exact) mass is 265 g/mol. The zero-order chi connectivity index (χ0) is 13.8. The zero-order valence-corrected chi connectivity index (χ0v) is 11.8. The zero-order valence-electron chi connectivity index (χ0n) is 11.8. The van der Waals surface area contributed by atoms with Crippen LogP contribution in [0.15, 0.2) is 24.3 Å². The molecule has 0 aromatic heterocycles. The van der Waals surface area contributed by atoms with Gasteiger partial charge in [0.25, 0.3) is 0 Å². The van der Waals surface area contributed by atoms with Crippen LogP contribution in [0, 0.1) is 11.7 Å². The Kier molecular flexibility index (Phi) is 4.94. The van der Waals surface area contributed by atoms with Gasteiger partial charge in [0.1, 0.15) is 5.82 Å². The van der Waals surface area contributed by atoms with Gasteiger partial charge < -0.3 is 10.4 Å². The minimum Gasteiger partial charge on any atom is -0.396 e. The van der Waals surface area contributed by atoms with Crippen LogP contribution in [0.3, 0.4) is 0 Å². The van der Waals surface area contributed by atoms with Gasteiger partial charge in [0.15, 0.2) is 0 Å². The standard InChI is InChI=1S/C16H24FNO/c1-11(2)16(7-8-19)18-13-9-12(10-13)14-5-3-4-6-15(14)17/h3-6,11-13,16,18-19H,7-10H2,1-2H3. The largest absolute Gasteiger partial charge is 0.396 e. The molecule has 0 radical (unpaired) electrons. The van der Waals surface area contributed by atoms with E-state index in [2.05, 4.69) is 19.2 Å². The molecule has 0 aliphatic heterocycles. The molecule has 0 spiro atoms. The summed E-state index contributed by atoms with van der Waals surface area (Å²) in [5.41, 5.74) is 0.851. The third kappa shape index (κ3) is 3.54. The van der Waals surface area contributed by atoms with Crippen molar-refractivity contribution in [3.63, 3.8) is 0 Å². The van der Waals surface area contributed by atoms with Crippen molar-refractivity contribution in [3.8, 4) is 0 Å². The Morgan fingerprint density at radius 3 is 2.58 bits per heavy atom. The molecule has 1 aromatic rings. The van der Waals surface area contributed by atoms with E-state index < -0.39 is 0 Å². The smallest absolute Gasteiger partial charge is 0.126 e. The summed E-state index contributed by atoms with van der Waals surface area (Å²) < 4.78 is 13.6. The molecule has 19 heavy (non-hydrogen) atoms. The Labute approximate surface area is 115 Å². The SMILES string of the molecule is CC(C)C(CCO)NC1CC(c2ccccc2F)C1. The molecule has 2 N–H and O–H groups in total. The molecule has 0 bridgehead atoms. The molecule has 0 heterocycles. The first kappa shape index (κ1) is 14.5. The van der Waals surface area contributed by atoms with Gasteiger partial charge in [-0.2, -0.15) is 0 Å². The van der Waals surface area contributed by atoms with E-state index in [-0.39, 0.29) is 12.4 Å². The fourth-order valence-electron chi connectivity index (χ4n) is 2.87. The molecule has 1 aromatic carbocycles. The second-order valence-electron chi connectivity index (χ2n) is 5.92. The van der Waals surface area contributed by atoms with Gasteiger partial charge in [-0.25, -0.2) is 4.39 Å². The second kappa shape index (κ2) is 6.49. The van der Waals surface area contributed by atoms with Gasteiger partial charge in [-0.05, 0) is 42.7 Å². The maximum atomic E-state index is 13.6. The normalized spacial score (nSPS) is 24.3. The predicted octanol–water partition coefficient (Wildman–Crippen LogP) is 3.07. The van der Waals surface area contributed by atoms with E-state index in [9.17, 15) is 4.39 Å². The lowest BCUT2D eigenvalue weighted by atomic mass is 9.75. The first-order chi connectivity index (χ1) is 9.11. The highest BCUT2D eigenvalue weighted by atomic mass is 19.1. The molecule has 1 fully saturated rings. The van der Waals surface area contributed by atoms with Gasteiger partial charge in [-0.1, -0.05) is 32.0 Å². The van der Waals surface area contributed by atoms with E-state index in [1.807, 2.05) is 12.1 Å². The lowest BCUT2D eigenvalue weighted by molar-refractivity contribution is 0.198. The molecule has 106 valence electrons. The van der Waals surface area contributed by atoms with Crippen LogP contribution in [-0.4, -0.2) is 23.8 Å². The van der Waals surface area contributed by atoms with Gasteiger partial charge in [0, 0.05) is 18.7 Å². The van der Waals surface area contributed by atoms with E-state index in [0.717, 1.165) is 24.8 Å². The summed E-state index contributed by atoms with van der Waals surface area (Å²) in [6.07, 6.45) is 2.78. The molecule has 1 aliphatic rings. The topological polar surface area (TPSA) is 32.3 Å². The Morgan fingerprint density at radius 1 is 1.32 bits per heavy atom. The third-order valence-corrected chi connectivity index (χ3v) is 4.18. The van der Waals surface area contributed by atoms with Crippen molar-refractivity contribution in [2.24, 2.45) is 5.92 Å². The number of benzene rings is 1. The van der Waals surface area contributed by atoms with Crippen molar-refractivity contribution < 1.29 is 9.50 Å². The highest BCUT2D eigenvalue weighted by molar-refractivity contribution is 5.24. The molecular weight excluding hydrogens is 241 g/mol. The third-order valence-electron chi connectivity index (χ3n) is 4.18. The Morgan fingerprint density at radius 2 is 2.00 bits per heavy atom. The summed E-state index contributed by atoms with van der Waals surface area (Å²) in [5.74, 6) is 0.780. The van der Waals surface area contributed by atoms with Crippen LogP contribution in [0.4, 0.5) is 4.39 Å². The average molecular weight is 265 g/mol. The van der Waals surface area contributed by atoms with Crippen LogP contribution < -0.4 is 5.32 Å². The average Bonchev–Trinajstić information content (AvgIpc) is 2.33. The number of hydrogen-bond acceptors (Lipinski definition) is 2. The molecule has 2 nitrogen and oxygen atoms in total. The second-order valence-corrected chi connectivity index (χ2v) is 5.92. The molecular formula is C16H24FNO. The Hall–Kier alpha value is -0.930. The molecule has 1 atom stereocenters. The number of rotatable bonds is 6. The quantitative estimate of drug-likeness (QED) is 0.828. The van der Waals surface area contributed by atoms with Crippen molar-refractivity contribution in [1.29, 1.82) is 0 Å². The van der Waals surface area contributed by atoms with Crippen molar-refractivity contribution in [3.05, 3.63) is 35.6 Å². The van der Waals surface area contributed by atoms with Gasteiger partial charge in [-0.15, -0.1) is 0 Å². The summed E-state index contributed by atoms with van der Waals surface area (Å²) in [4.78, 5) is 0. The predicted molar refractivity (Wildman–Crippen MR) is 75.6 cm³/mol. The van der Waals surface area contributed by atoms with Gasteiger partial charge >= 0.3 is 0 Å². The van der Waals surface area contributed by atoms with Crippen LogP contribution in [0.2, 0.25) is 0 Å². The van der Waals surface area contributed by atoms with Gasteiger partial charge in [-0.3, -0.25) is 0 Å². The molecule has 2 rings (SSSR count). The Balaban J connectivity index is 1.84. The van der Waals surface area contributed by atoms with E-state index in [1.54, 1.807) is 12.1 Å². The fraction of sp³-hybridized carbons (Fsp3) is 0.625. The minimum absolute atomic E-state index is 0.0817.